The Kier molecular flexibility index (Phi) is 3.60. The largest absolute Gasteiger partial charge is 0.454 e. The second-order valence-electron chi connectivity index (χ2n) is 4.77. The van der Waals surface area contributed by atoms with Crippen molar-refractivity contribution in [2.45, 2.75) is 26.7 Å². The average molecular weight is 250 g/mol. The Labute approximate surface area is 106 Å². The van der Waals surface area contributed by atoms with E-state index in [0.717, 1.165) is 6.42 Å². The van der Waals surface area contributed by atoms with Gasteiger partial charge in [-0.3, -0.25) is 4.79 Å². The van der Waals surface area contributed by atoms with Crippen molar-refractivity contribution in [1.29, 1.82) is 0 Å². The zero-order valence-corrected chi connectivity index (χ0v) is 10.7. The van der Waals surface area contributed by atoms with E-state index >= 15 is 0 Å². The predicted octanol–water partition coefficient (Wildman–Crippen LogP) is 2.37. The van der Waals surface area contributed by atoms with Crippen molar-refractivity contribution in [2.24, 2.45) is 5.92 Å². The molecule has 1 heterocycles. The van der Waals surface area contributed by atoms with Gasteiger partial charge >= 0.3 is 0 Å². The van der Waals surface area contributed by atoms with Crippen LogP contribution in [-0.2, 0) is 4.79 Å². The van der Waals surface area contributed by atoms with Gasteiger partial charge in [0.05, 0.1) is 11.4 Å². The molecule has 2 rings (SSSR count). The third-order valence-corrected chi connectivity index (χ3v) is 2.77. The number of anilines is 2. The molecule has 1 aliphatic rings. The summed E-state index contributed by atoms with van der Waals surface area (Å²) in [5.74, 6) is 1.70. The molecule has 0 atom stereocenters. The van der Waals surface area contributed by atoms with Crippen molar-refractivity contribution in [2.75, 3.05) is 17.8 Å². The zero-order valence-electron chi connectivity index (χ0n) is 10.7. The summed E-state index contributed by atoms with van der Waals surface area (Å²) >= 11 is 0. The van der Waals surface area contributed by atoms with Crippen LogP contribution >= 0.6 is 0 Å². The first kappa shape index (κ1) is 12.5. The number of carbonyl (C=O) groups is 1. The third-order valence-electron chi connectivity index (χ3n) is 2.77. The van der Waals surface area contributed by atoms with Gasteiger partial charge in [-0.05, 0) is 12.3 Å². The van der Waals surface area contributed by atoms with Gasteiger partial charge in [-0.15, -0.1) is 0 Å². The Morgan fingerprint density at radius 3 is 2.72 bits per heavy atom. The van der Waals surface area contributed by atoms with Gasteiger partial charge in [0, 0.05) is 18.6 Å². The minimum atomic E-state index is -0.0331. The molecule has 0 unspecified atom stereocenters. The van der Waals surface area contributed by atoms with Crippen molar-refractivity contribution in [1.82, 2.24) is 0 Å². The van der Waals surface area contributed by atoms with Gasteiger partial charge in [-0.2, -0.15) is 0 Å². The Balaban J connectivity index is 2.03. The molecule has 0 saturated carbocycles. The Hall–Kier alpha value is -1.91. The van der Waals surface area contributed by atoms with E-state index in [1.165, 1.54) is 0 Å². The molecule has 18 heavy (non-hydrogen) atoms. The average Bonchev–Trinajstić information content (AvgIpc) is 2.74. The van der Waals surface area contributed by atoms with Crippen LogP contribution in [0.4, 0.5) is 11.4 Å². The highest BCUT2D eigenvalue weighted by molar-refractivity contribution is 5.94. The van der Waals surface area contributed by atoms with E-state index in [1.807, 2.05) is 0 Å². The zero-order chi connectivity index (χ0) is 13.1. The topological polar surface area (TPSA) is 73.6 Å². The fraction of sp³-hybridized carbons (Fsp3) is 0.462. The number of nitrogens with two attached hydrogens (primary N) is 1. The first-order valence-corrected chi connectivity index (χ1v) is 6.05. The molecule has 1 aliphatic heterocycles. The van der Waals surface area contributed by atoms with Crippen molar-refractivity contribution in [3.63, 3.8) is 0 Å². The summed E-state index contributed by atoms with van der Waals surface area (Å²) in [7, 11) is 0. The molecular formula is C13H18N2O3. The standard InChI is InChI=1S/C13H18N2O3/c1-8(2)3-4-13(16)15-10-6-12-11(5-9(10)14)17-7-18-12/h5-6,8H,3-4,7,14H2,1-2H3,(H,15,16). The summed E-state index contributed by atoms with van der Waals surface area (Å²) < 4.78 is 10.4. The molecule has 98 valence electrons. The van der Waals surface area contributed by atoms with Gasteiger partial charge in [0.25, 0.3) is 0 Å². The molecule has 1 aromatic rings. The Bertz CT molecular complexity index is 458. The Morgan fingerprint density at radius 2 is 2.06 bits per heavy atom. The van der Waals surface area contributed by atoms with Crippen LogP contribution in [-0.4, -0.2) is 12.7 Å². The number of hydrogen-bond acceptors (Lipinski definition) is 4. The van der Waals surface area contributed by atoms with Crippen LogP contribution in [0.5, 0.6) is 11.5 Å². The van der Waals surface area contributed by atoms with E-state index in [0.29, 0.717) is 35.2 Å². The third kappa shape index (κ3) is 2.85. The second-order valence-corrected chi connectivity index (χ2v) is 4.77. The van der Waals surface area contributed by atoms with Gasteiger partial charge in [-0.1, -0.05) is 13.8 Å². The number of ether oxygens (including phenoxy) is 2. The molecule has 3 N–H and O–H groups in total. The van der Waals surface area contributed by atoms with Crippen molar-refractivity contribution < 1.29 is 14.3 Å². The number of carbonyl (C=O) groups excluding carboxylic acids is 1. The normalized spacial score (nSPS) is 12.8. The summed E-state index contributed by atoms with van der Waals surface area (Å²) in [6.07, 6.45) is 1.35. The molecule has 0 aromatic heterocycles. The van der Waals surface area contributed by atoms with E-state index < -0.39 is 0 Å². The fourth-order valence-corrected chi connectivity index (χ4v) is 1.70. The predicted molar refractivity (Wildman–Crippen MR) is 69.7 cm³/mol. The van der Waals surface area contributed by atoms with Crippen molar-refractivity contribution in [3.8, 4) is 11.5 Å². The van der Waals surface area contributed by atoms with Gasteiger partial charge in [0.2, 0.25) is 12.7 Å². The van der Waals surface area contributed by atoms with Crippen LogP contribution in [0.2, 0.25) is 0 Å². The number of nitrogen functional groups attached to an aromatic ring is 1. The minimum absolute atomic E-state index is 0.0331. The molecule has 0 saturated heterocycles. The second kappa shape index (κ2) is 5.16. The molecular weight excluding hydrogens is 232 g/mol. The lowest BCUT2D eigenvalue weighted by Crippen LogP contribution is -2.13. The maximum absolute atomic E-state index is 11.7. The summed E-state index contributed by atoms with van der Waals surface area (Å²) in [4.78, 5) is 11.7. The van der Waals surface area contributed by atoms with Gasteiger partial charge in [0.15, 0.2) is 11.5 Å². The summed E-state index contributed by atoms with van der Waals surface area (Å²) in [6.45, 7) is 4.37. The van der Waals surface area contributed by atoms with Gasteiger partial charge in [-0.25, -0.2) is 0 Å². The summed E-state index contributed by atoms with van der Waals surface area (Å²) in [5, 5.41) is 2.80. The van der Waals surface area contributed by atoms with Gasteiger partial charge in [0.1, 0.15) is 0 Å². The van der Waals surface area contributed by atoms with Crippen LogP contribution < -0.4 is 20.5 Å². The van der Waals surface area contributed by atoms with Crippen LogP contribution in [0.1, 0.15) is 26.7 Å². The molecule has 0 fully saturated rings. The molecule has 1 aromatic carbocycles. The number of amides is 1. The first-order chi connectivity index (χ1) is 8.56. The van der Waals surface area contributed by atoms with E-state index in [9.17, 15) is 4.79 Å². The molecule has 0 aliphatic carbocycles. The summed E-state index contributed by atoms with van der Waals surface area (Å²) in [5.41, 5.74) is 6.91. The first-order valence-electron chi connectivity index (χ1n) is 6.05. The van der Waals surface area contributed by atoms with Crippen molar-refractivity contribution >= 4 is 17.3 Å². The van der Waals surface area contributed by atoms with Crippen LogP contribution in [0.25, 0.3) is 0 Å². The number of fused-ring (bicyclic) bond motifs is 1. The smallest absolute Gasteiger partial charge is 0.231 e. The molecule has 5 nitrogen and oxygen atoms in total. The van der Waals surface area contributed by atoms with Crippen LogP contribution in [0.15, 0.2) is 12.1 Å². The van der Waals surface area contributed by atoms with Crippen molar-refractivity contribution in [3.05, 3.63) is 12.1 Å². The number of hydrogen-bond donors (Lipinski definition) is 2. The maximum atomic E-state index is 11.7. The van der Waals surface area contributed by atoms with Crippen LogP contribution in [0.3, 0.4) is 0 Å². The lowest BCUT2D eigenvalue weighted by atomic mass is 10.1. The van der Waals surface area contributed by atoms with E-state index in [-0.39, 0.29) is 12.7 Å². The fourth-order valence-electron chi connectivity index (χ4n) is 1.70. The van der Waals surface area contributed by atoms with E-state index in [1.54, 1.807) is 12.1 Å². The minimum Gasteiger partial charge on any atom is -0.454 e. The molecule has 5 heteroatoms. The quantitative estimate of drug-likeness (QED) is 0.804. The highest BCUT2D eigenvalue weighted by Crippen LogP contribution is 2.38. The number of nitrogens with one attached hydrogen (secondary N) is 1. The molecule has 1 amide bonds. The monoisotopic (exact) mass is 250 g/mol. The van der Waals surface area contributed by atoms with Gasteiger partial charge < -0.3 is 20.5 Å². The summed E-state index contributed by atoms with van der Waals surface area (Å²) in [6, 6.07) is 3.37. The molecule has 0 bridgehead atoms. The SMILES string of the molecule is CC(C)CCC(=O)Nc1cc2c(cc1N)OCO2. The highest BCUT2D eigenvalue weighted by Gasteiger charge is 2.17. The highest BCUT2D eigenvalue weighted by atomic mass is 16.7. The number of rotatable bonds is 4. The molecule has 0 radical (unpaired) electrons. The van der Waals surface area contributed by atoms with Crippen LogP contribution in [0, 0.1) is 5.92 Å². The lowest BCUT2D eigenvalue weighted by molar-refractivity contribution is -0.116. The molecule has 0 spiro atoms. The maximum Gasteiger partial charge on any atom is 0.231 e. The van der Waals surface area contributed by atoms with E-state index in [4.69, 9.17) is 15.2 Å². The number of benzene rings is 1. The Morgan fingerprint density at radius 1 is 1.39 bits per heavy atom. The lowest BCUT2D eigenvalue weighted by Gasteiger charge is -2.10. The van der Waals surface area contributed by atoms with E-state index in [2.05, 4.69) is 19.2 Å².